The van der Waals surface area contributed by atoms with E-state index < -0.39 is 0 Å². The summed E-state index contributed by atoms with van der Waals surface area (Å²) in [7, 11) is 0. The molecule has 4 nitrogen and oxygen atoms in total. The zero-order valence-electron chi connectivity index (χ0n) is 9.98. The summed E-state index contributed by atoms with van der Waals surface area (Å²) >= 11 is 2.07. The van der Waals surface area contributed by atoms with Gasteiger partial charge in [0, 0.05) is 3.57 Å². The van der Waals surface area contributed by atoms with E-state index in [9.17, 15) is 4.39 Å². The van der Waals surface area contributed by atoms with Crippen LogP contribution < -0.4 is 5.73 Å². The lowest BCUT2D eigenvalue weighted by Gasteiger charge is -2.05. The zero-order chi connectivity index (χ0) is 13.1. The standard InChI is InChI=1S/C12H14FIN4/c1-2-3-10(15)11-7-18(17-16-11)12-5-4-8(13)6-9(12)14/h4-7,10H,2-3,15H2,1H3. The maximum Gasteiger partial charge on any atom is 0.124 e. The highest BCUT2D eigenvalue weighted by molar-refractivity contribution is 14.1. The Morgan fingerprint density at radius 3 is 2.94 bits per heavy atom. The van der Waals surface area contributed by atoms with Crippen LogP contribution in [0.5, 0.6) is 0 Å². The lowest BCUT2D eigenvalue weighted by molar-refractivity contribution is 0.619. The van der Waals surface area contributed by atoms with Gasteiger partial charge in [-0.25, -0.2) is 9.07 Å². The molecule has 96 valence electrons. The van der Waals surface area contributed by atoms with Crippen molar-refractivity contribution in [3.05, 3.63) is 39.5 Å². The molecule has 0 spiro atoms. The molecule has 0 aliphatic carbocycles. The first-order valence-electron chi connectivity index (χ1n) is 5.75. The first-order valence-corrected chi connectivity index (χ1v) is 6.83. The molecule has 18 heavy (non-hydrogen) atoms. The molecule has 1 heterocycles. The Kier molecular flexibility index (Phi) is 4.28. The molecule has 1 aromatic heterocycles. The summed E-state index contributed by atoms with van der Waals surface area (Å²) in [4.78, 5) is 0. The summed E-state index contributed by atoms with van der Waals surface area (Å²) in [6, 6.07) is 4.46. The average Bonchev–Trinajstić information content (AvgIpc) is 2.78. The van der Waals surface area contributed by atoms with Crippen molar-refractivity contribution in [1.29, 1.82) is 0 Å². The largest absolute Gasteiger partial charge is 0.323 e. The normalized spacial score (nSPS) is 12.7. The summed E-state index contributed by atoms with van der Waals surface area (Å²) in [5, 5.41) is 8.11. The molecule has 1 aromatic carbocycles. The number of hydrogen-bond acceptors (Lipinski definition) is 3. The molecular formula is C12H14FIN4. The third-order valence-corrected chi connectivity index (χ3v) is 3.51. The average molecular weight is 360 g/mol. The van der Waals surface area contributed by atoms with Gasteiger partial charge in [-0.15, -0.1) is 5.10 Å². The van der Waals surface area contributed by atoms with Gasteiger partial charge in [-0.1, -0.05) is 18.6 Å². The van der Waals surface area contributed by atoms with E-state index in [0.29, 0.717) is 0 Å². The Morgan fingerprint density at radius 1 is 1.50 bits per heavy atom. The van der Waals surface area contributed by atoms with Gasteiger partial charge in [0.25, 0.3) is 0 Å². The summed E-state index contributed by atoms with van der Waals surface area (Å²) in [5.41, 5.74) is 7.55. The van der Waals surface area contributed by atoms with Crippen LogP contribution in [0.4, 0.5) is 4.39 Å². The fourth-order valence-corrected chi connectivity index (χ4v) is 2.41. The number of benzene rings is 1. The van der Waals surface area contributed by atoms with Gasteiger partial charge in [0.15, 0.2) is 0 Å². The lowest BCUT2D eigenvalue weighted by Crippen LogP contribution is -2.10. The van der Waals surface area contributed by atoms with E-state index in [4.69, 9.17) is 5.73 Å². The Labute approximate surface area is 119 Å². The predicted molar refractivity (Wildman–Crippen MR) is 75.9 cm³/mol. The summed E-state index contributed by atoms with van der Waals surface area (Å²) in [6.45, 7) is 2.08. The van der Waals surface area contributed by atoms with Gasteiger partial charge in [0.2, 0.25) is 0 Å². The quantitative estimate of drug-likeness (QED) is 0.854. The lowest BCUT2D eigenvalue weighted by atomic mass is 10.1. The topological polar surface area (TPSA) is 56.7 Å². The van der Waals surface area contributed by atoms with Gasteiger partial charge < -0.3 is 5.73 Å². The Hall–Kier alpha value is -1.02. The van der Waals surface area contributed by atoms with E-state index >= 15 is 0 Å². The second-order valence-corrected chi connectivity index (χ2v) is 5.24. The Morgan fingerprint density at radius 2 is 2.28 bits per heavy atom. The third-order valence-electron chi connectivity index (χ3n) is 2.65. The maximum atomic E-state index is 13.0. The van der Waals surface area contributed by atoms with Crippen molar-refractivity contribution < 1.29 is 4.39 Å². The monoisotopic (exact) mass is 360 g/mol. The van der Waals surface area contributed by atoms with E-state index in [1.165, 1.54) is 12.1 Å². The van der Waals surface area contributed by atoms with Crippen molar-refractivity contribution in [2.75, 3.05) is 0 Å². The number of halogens is 2. The Balaban J connectivity index is 2.29. The van der Waals surface area contributed by atoms with Crippen LogP contribution in [0.3, 0.4) is 0 Å². The molecule has 2 rings (SSSR count). The fourth-order valence-electron chi connectivity index (χ4n) is 1.69. The molecule has 0 radical (unpaired) electrons. The van der Waals surface area contributed by atoms with Crippen LogP contribution in [0.25, 0.3) is 5.69 Å². The molecule has 6 heteroatoms. The zero-order valence-corrected chi connectivity index (χ0v) is 12.1. The molecule has 1 atom stereocenters. The molecule has 0 aliphatic rings. The van der Waals surface area contributed by atoms with Crippen molar-refractivity contribution >= 4 is 22.6 Å². The van der Waals surface area contributed by atoms with Crippen molar-refractivity contribution in [1.82, 2.24) is 15.0 Å². The van der Waals surface area contributed by atoms with Crippen molar-refractivity contribution in [3.8, 4) is 5.69 Å². The number of aromatic nitrogens is 3. The van der Waals surface area contributed by atoms with Gasteiger partial charge in [-0.3, -0.25) is 0 Å². The number of nitrogens with two attached hydrogens (primary N) is 1. The van der Waals surface area contributed by atoms with Crippen LogP contribution in [-0.4, -0.2) is 15.0 Å². The molecule has 0 amide bonds. The van der Waals surface area contributed by atoms with E-state index in [-0.39, 0.29) is 11.9 Å². The van der Waals surface area contributed by atoms with Gasteiger partial charge >= 0.3 is 0 Å². The van der Waals surface area contributed by atoms with Crippen LogP contribution >= 0.6 is 22.6 Å². The van der Waals surface area contributed by atoms with Gasteiger partial charge in [0.05, 0.1) is 23.6 Å². The number of rotatable bonds is 4. The molecule has 0 fully saturated rings. The Bertz CT molecular complexity index is 541. The highest BCUT2D eigenvalue weighted by atomic mass is 127. The van der Waals surface area contributed by atoms with Crippen molar-refractivity contribution in [3.63, 3.8) is 0 Å². The van der Waals surface area contributed by atoms with Crippen LogP contribution in [0.1, 0.15) is 31.5 Å². The van der Waals surface area contributed by atoms with Gasteiger partial charge in [-0.2, -0.15) is 0 Å². The van der Waals surface area contributed by atoms with Crippen molar-refractivity contribution in [2.24, 2.45) is 5.73 Å². The van der Waals surface area contributed by atoms with Crippen LogP contribution in [0.2, 0.25) is 0 Å². The minimum Gasteiger partial charge on any atom is -0.323 e. The molecule has 2 N–H and O–H groups in total. The molecule has 0 saturated heterocycles. The minimum absolute atomic E-state index is 0.0955. The highest BCUT2D eigenvalue weighted by Crippen LogP contribution is 2.19. The number of nitrogens with zero attached hydrogens (tertiary/aromatic N) is 3. The minimum atomic E-state index is -0.258. The van der Waals surface area contributed by atoms with Crippen LogP contribution in [0, 0.1) is 9.39 Å². The second kappa shape index (κ2) is 5.75. The van der Waals surface area contributed by atoms with E-state index in [1.54, 1.807) is 16.9 Å². The highest BCUT2D eigenvalue weighted by Gasteiger charge is 2.12. The fraction of sp³-hybridized carbons (Fsp3) is 0.333. The van der Waals surface area contributed by atoms with Gasteiger partial charge in [0.1, 0.15) is 5.82 Å². The van der Waals surface area contributed by atoms with E-state index in [2.05, 4.69) is 39.8 Å². The SMILES string of the molecule is CCCC(N)c1cn(-c2ccc(F)cc2I)nn1. The summed E-state index contributed by atoms with van der Waals surface area (Å²) in [6.07, 6.45) is 3.68. The molecule has 1 unspecified atom stereocenters. The van der Waals surface area contributed by atoms with Crippen LogP contribution in [0.15, 0.2) is 24.4 Å². The first kappa shape index (κ1) is 13.4. The van der Waals surface area contributed by atoms with E-state index in [1.807, 2.05) is 0 Å². The predicted octanol–water partition coefficient (Wildman–Crippen LogP) is 2.81. The molecule has 2 aromatic rings. The van der Waals surface area contributed by atoms with Crippen molar-refractivity contribution in [2.45, 2.75) is 25.8 Å². The summed E-state index contributed by atoms with van der Waals surface area (Å²) in [5.74, 6) is -0.258. The van der Waals surface area contributed by atoms with E-state index in [0.717, 1.165) is 27.8 Å². The smallest absolute Gasteiger partial charge is 0.124 e. The summed E-state index contributed by atoms with van der Waals surface area (Å²) < 4.78 is 15.4. The third kappa shape index (κ3) is 2.86. The molecule has 0 bridgehead atoms. The number of hydrogen-bond donors (Lipinski definition) is 1. The molecular weight excluding hydrogens is 346 g/mol. The first-order chi connectivity index (χ1) is 8.61. The van der Waals surface area contributed by atoms with Crippen LogP contribution in [-0.2, 0) is 0 Å². The molecule has 0 saturated carbocycles. The molecule has 0 aliphatic heterocycles. The maximum absolute atomic E-state index is 13.0. The van der Waals surface area contributed by atoms with Gasteiger partial charge in [-0.05, 0) is 47.2 Å². The second-order valence-electron chi connectivity index (χ2n) is 4.08.